The Kier molecular flexibility index (Phi) is 7.49. The minimum atomic E-state index is -0.355. The zero-order valence-corrected chi connectivity index (χ0v) is 18.4. The molecule has 0 N–H and O–H groups in total. The van der Waals surface area contributed by atoms with Gasteiger partial charge in [0.2, 0.25) is 0 Å². The number of hydrogen-bond acceptors (Lipinski definition) is 4. The molecule has 0 saturated heterocycles. The van der Waals surface area contributed by atoms with E-state index in [9.17, 15) is 9.59 Å². The molecule has 0 heterocycles. The Balaban J connectivity index is 1.40. The van der Waals surface area contributed by atoms with Gasteiger partial charge in [-0.2, -0.15) is 0 Å². The number of fused-ring (bicyclic) bond motifs is 1. The van der Waals surface area contributed by atoms with E-state index in [1.165, 1.54) is 0 Å². The van der Waals surface area contributed by atoms with Crippen molar-refractivity contribution in [2.24, 2.45) is 0 Å². The third kappa shape index (κ3) is 6.30. The summed E-state index contributed by atoms with van der Waals surface area (Å²) in [5.41, 5.74) is 3.32. The number of hydrogen-bond donors (Lipinski definition) is 0. The summed E-state index contributed by atoms with van der Waals surface area (Å²) in [5, 5.41) is 2.04. The first-order valence-corrected chi connectivity index (χ1v) is 11.1. The normalized spacial score (nSPS) is 10.7. The van der Waals surface area contributed by atoms with Gasteiger partial charge in [-0.05, 0) is 46.4 Å². The van der Waals surface area contributed by atoms with E-state index in [-0.39, 0.29) is 31.6 Å². The molecule has 0 aliphatic carbocycles. The second kappa shape index (κ2) is 11.1. The molecule has 4 rings (SSSR count). The summed E-state index contributed by atoms with van der Waals surface area (Å²) >= 11 is 0. The van der Waals surface area contributed by atoms with Crippen molar-refractivity contribution in [2.75, 3.05) is 0 Å². The van der Waals surface area contributed by atoms with Crippen molar-refractivity contribution in [1.29, 1.82) is 0 Å². The molecule has 0 spiro atoms. The number of benzene rings is 4. The fourth-order valence-electron chi connectivity index (χ4n) is 3.72. The van der Waals surface area contributed by atoms with Crippen molar-refractivity contribution < 1.29 is 19.1 Å². The lowest BCUT2D eigenvalue weighted by molar-refractivity contribution is -0.145. The predicted molar refractivity (Wildman–Crippen MR) is 129 cm³/mol. The minimum absolute atomic E-state index is 0.220. The van der Waals surface area contributed by atoms with Crippen molar-refractivity contribution in [2.45, 2.75) is 32.5 Å². The van der Waals surface area contributed by atoms with Crippen LogP contribution in [0.1, 0.15) is 39.9 Å². The molecule has 4 aromatic rings. The van der Waals surface area contributed by atoms with Crippen LogP contribution >= 0.6 is 0 Å². The fourth-order valence-corrected chi connectivity index (χ4v) is 3.72. The molecule has 0 amide bonds. The topological polar surface area (TPSA) is 52.6 Å². The second-order valence-electron chi connectivity index (χ2n) is 7.92. The molecule has 0 aromatic heterocycles. The molecule has 0 radical (unpaired) electrons. The molecule has 0 atom stereocenters. The first-order valence-electron chi connectivity index (χ1n) is 11.1. The lowest BCUT2D eigenvalue weighted by Gasteiger charge is -2.12. The monoisotopic (exact) mass is 438 g/mol. The van der Waals surface area contributed by atoms with Crippen LogP contribution in [-0.2, 0) is 33.9 Å². The minimum Gasteiger partial charge on any atom is -0.461 e. The van der Waals surface area contributed by atoms with Gasteiger partial charge in [0.15, 0.2) is 0 Å². The summed E-state index contributed by atoms with van der Waals surface area (Å²) in [5.74, 6) is -0.598. The Bertz CT molecular complexity index is 1220. The molecule has 0 aliphatic heterocycles. The van der Waals surface area contributed by atoms with Gasteiger partial charge in [0.25, 0.3) is 0 Å². The smallest absolute Gasteiger partial charge is 0.338 e. The zero-order chi connectivity index (χ0) is 22.9. The number of carbonyl (C=O) groups is 2. The van der Waals surface area contributed by atoms with E-state index >= 15 is 0 Å². The van der Waals surface area contributed by atoms with Crippen LogP contribution in [0.3, 0.4) is 0 Å². The van der Waals surface area contributed by atoms with E-state index in [4.69, 9.17) is 9.47 Å². The van der Waals surface area contributed by atoms with Crippen LogP contribution in [0.5, 0.6) is 0 Å². The molecule has 0 unspecified atom stereocenters. The van der Waals surface area contributed by atoms with E-state index < -0.39 is 0 Å². The molecule has 0 bridgehead atoms. The van der Waals surface area contributed by atoms with Gasteiger partial charge in [0.05, 0.1) is 5.56 Å². The van der Waals surface area contributed by atoms with Crippen molar-refractivity contribution in [1.82, 2.24) is 0 Å². The highest BCUT2D eigenvalue weighted by atomic mass is 16.5. The first-order chi connectivity index (χ1) is 16.2. The van der Waals surface area contributed by atoms with E-state index in [1.807, 2.05) is 97.1 Å². The summed E-state index contributed by atoms with van der Waals surface area (Å²) in [6.07, 6.45) is 1.46. The van der Waals surface area contributed by atoms with Crippen LogP contribution in [-0.4, -0.2) is 11.9 Å². The van der Waals surface area contributed by atoms with Gasteiger partial charge in [-0.1, -0.05) is 91.0 Å². The van der Waals surface area contributed by atoms with Crippen LogP contribution in [0.4, 0.5) is 0 Å². The second-order valence-corrected chi connectivity index (χ2v) is 7.92. The Labute approximate surface area is 193 Å². The van der Waals surface area contributed by atoms with Gasteiger partial charge in [-0.3, -0.25) is 4.79 Å². The SMILES string of the molecule is O=C(CCCc1cc2ccccc2cc1C(=O)OCc1ccccc1)OCc1ccccc1. The highest BCUT2D eigenvalue weighted by Crippen LogP contribution is 2.23. The fraction of sp³-hybridized carbons (Fsp3) is 0.172. The van der Waals surface area contributed by atoms with E-state index in [0.717, 1.165) is 27.5 Å². The molecule has 33 heavy (non-hydrogen) atoms. The van der Waals surface area contributed by atoms with Crippen LogP contribution in [0, 0.1) is 0 Å². The Hall–Kier alpha value is -3.92. The molecule has 0 aliphatic rings. The number of esters is 2. The predicted octanol–water partition coefficient (Wildman–Crippen LogP) is 6.26. The van der Waals surface area contributed by atoms with Gasteiger partial charge in [-0.15, -0.1) is 0 Å². The average Bonchev–Trinajstić information content (AvgIpc) is 2.87. The van der Waals surface area contributed by atoms with Gasteiger partial charge >= 0.3 is 11.9 Å². The quantitative estimate of drug-likeness (QED) is 0.289. The molecule has 0 fully saturated rings. The number of carbonyl (C=O) groups excluding carboxylic acids is 2. The van der Waals surface area contributed by atoms with Crippen LogP contribution in [0.15, 0.2) is 97.1 Å². The maximum absolute atomic E-state index is 12.9. The maximum atomic E-state index is 12.9. The summed E-state index contributed by atoms with van der Waals surface area (Å²) in [7, 11) is 0. The third-order valence-electron chi connectivity index (χ3n) is 5.47. The lowest BCUT2D eigenvalue weighted by atomic mass is 9.97. The number of rotatable bonds is 9. The van der Waals surface area contributed by atoms with E-state index in [1.54, 1.807) is 0 Å². The molecular weight excluding hydrogens is 412 g/mol. The van der Waals surface area contributed by atoms with Crippen molar-refractivity contribution in [3.8, 4) is 0 Å². The number of aryl methyl sites for hydroxylation is 1. The molecule has 4 aromatic carbocycles. The average molecular weight is 439 g/mol. The molecule has 4 heteroatoms. The highest BCUT2D eigenvalue weighted by molar-refractivity contribution is 5.97. The van der Waals surface area contributed by atoms with Crippen molar-refractivity contribution in [3.05, 3.63) is 119 Å². The van der Waals surface area contributed by atoms with Crippen LogP contribution in [0.2, 0.25) is 0 Å². The number of ether oxygens (including phenoxy) is 2. The van der Waals surface area contributed by atoms with E-state index in [2.05, 4.69) is 0 Å². The molecule has 166 valence electrons. The Morgan fingerprint density at radius 2 is 1.18 bits per heavy atom. The van der Waals surface area contributed by atoms with Gasteiger partial charge in [0, 0.05) is 6.42 Å². The van der Waals surface area contributed by atoms with Gasteiger partial charge in [0.1, 0.15) is 13.2 Å². The molecule has 4 nitrogen and oxygen atoms in total. The van der Waals surface area contributed by atoms with Crippen LogP contribution < -0.4 is 0 Å². The third-order valence-corrected chi connectivity index (χ3v) is 5.47. The zero-order valence-electron chi connectivity index (χ0n) is 18.4. The summed E-state index contributed by atoms with van der Waals surface area (Å²) in [6, 6.07) is 31.1. The van der Waals surface area contributed by atoms with E-state index in [0.29, 0.717) is 18.4 Å². The lowest BCUT2D eigenvalue weighted by Crippen LogP contribution is -2.10. The van der Waals surface area contributed by atoms with Gasteiger partial charge in [-0.25, -0.2) is 4.79 Å². The van der Waals surface area contributed by atoms with Crippen molar-refractivity contribution in [3.63, 3.8) is 0 Å². The van der Waals surface area contributed by atoms with Gasteiger partial charge < -0.3 is 9.47 Å². The summed E-state index contributed by atoms with van der Waals surface area (Å²) in [4.78, 5) is 25.1. The Morgan fingerprint density at radius 3 is 1.82 bits per heavy atom. The van der Waals surface area contributed by atoms with Crippen molar-refractivity contribution >= 4 is 22.7 Å². The highest BCUT2D eigenvalue weighted by Gasteiger charge is 2.15. The largest absolute Gasteiger partial charge is 0.461 e. The maximum Gasteiger partial charge on any atom is 0.338 e. The Morgan fingerprint density at radius 1 is 0.636 bits per heavy atom. The molecule has 0 saturated carbocycles. The summed E-state index contributed by atoms with van der Waals surface area (Å²) < 4.78 is 11.0. The molecular formula is C29H26O4. The first kappa shape index (κ1) is 22.3. The standard InChI is InChI=1S/C29H26O4/c30-28(32-20-22-10-3-1-4-11-22)17-9-16-26-18-24-14-7-8-15-25(24)19-27(26)29(31)33-21-23-12-5-2-6-13-23/h1-8,10-15,18-19H,9,16-17,20-21H2. The summed E-state index contributed by atoms with van der Waals surface area (Å²) in [6.45, 7) is 0.491. The van der Waals surface area contributed by atoms with Crippen LogP contribution in [0.25, 0.3) is 10.8 Å².